The Bertz CT molecular complexity index is 2210. The van der Waals surface area contributed by atoms with E-state index < -0.39 is 0 Å². The smallest absolute Gasteiger partial charge is 0.266 e. The Labute approximate surface area is 260 Å². The van der Waals surface area contributed by atoms with Crippen molar-refractivity contribution in [2.45, 2.75) is 49.3 Å². The van der Waals surface area contributed by atoms with Crippen molar-refractivity contribution in [1.82, 2.24) is 0 Å². The van der Waals surface area contributed by atoms with Gasteiger partial charge in [-0.3, -0.25) is 9.59 Å². The average molecular weight is 590 g/mol. The number of hydrogen-bond acceptors (Lipinski definition) is 3. The van der Waals surface area contributed by atoms with Crippen LogP contribution in [0.1, 0.15) is 71.4 Å². The first kappa shape index (κ1) is 26.9. The Morgan fingerprint density at radius 1 is 0.500 bits per heavy atom. The molecule has 214 valence electrons. The van der Waals surface area contributed by atoms with E-state index in [2.05, 4.69) is 94.4 Å². The molecule has 0 aromatic heterocycles. The van der Waals surface area contributed by atoms with Gasteiger partial charge in [0.15, 0.2) is 0 Å². The molecule has 8 rings (SSSR count). The number of anilines is 1. The molecule has 0 N–H and O–H groups in total. The summed E-state index contributed by atoms with van der Waals surface area (Å²) in [5, 5.41) is 8.60. The van der Waals surface area contributed by atoms with Crippen LogP contribution in [0, 0.1) is 0 Å². The minimum Gasteiger partial charge on any atom is -0.268 e. The summed E-state index contributed by atoms with van der Waals surface area (Å²) < 4.78 is 0. The molecule has 7 aromatic rings. The molecule has 0 spiro atoms. The van der Waals surface area contributed by atoms with Crippen LogP contribution in [0.3, 0.4) is 0 Å². The SMILES string of the molecule is CC(C)c1cccc(C(C)C)c1N1C(=O)c2ccc3c4cccc5c(Sc6ccccc6)ccc(c6ccc(c2c36)C1=O)c54. The molecule has 4 heteroatoms. The second-order valence-electron chi connectivity index (χ2n) is 12.4. The number of rotatable bonds is 5. The van der Waals surface area contributed by atoms with Crippen molar-refractivity contribution in [2.75, 3.05) is 4.90 Å². The second-order valence-corrected chi connectivity index (χ2v) is 13.5. The van der Waals surface area contributed by atoms with Gasteiger partial charge < -0.3 is 0 Å². The zero-order valence-corrected chi connectivity index (χ0v) is 26.0. The zero-order valence-electron chi connectivity index (χ0n) is 25.1. The largest absolute Gasteiger partial charge is 0.268 e. The quantitative estimate of drug-likeness (QED) is 0.114. The van der Waals surface area contributed by atoms with Crippen molar-refractivity contribution in [3.05, 3.63) is 125 Å². The van der Waals surface area contributed by atoms with Crippen molar-refractivity contribution >= 4 is 72.4 Å². The van der Waals surface area contributed by atoms with Gasteiger partial charge in [-0.15, -0.1) is 0 Å². The molecule has 0 unspecified atom stereocenters. The van der Waals surface area contributed by atoms with Crippen molar-refractivity contribution in [3.63, 3.8) is 0 Å². The Kier molecular flexibility index (Phi) is 6.08. The molecule has 2 amide bonds. The first-order chi connectivity index (χ1) is 21.3. The van der Waals surface area contributed by atoms with Crippen molar-refractivity contribution in [3.8, 4) is 0 Å². The van der Waals surface area contributed by atoms with Gasteiger partial charge in [-0.25, -0.2) is 4.90 Å². The third-order valence-corrected chi connectivity index (χ3v) is 10.2. The van der Waals surface area contributed by atoms with Gasteiger partial charge in [-0.1, -0.05) is 112 Å². The molecular formula is C40H31NO2S. The Morgan fingerprint density at radius 3 is 1.64 bits per heavy atom. The predicted octanol–water partition coefficient (Wildman–Crippen LogP) is 10.9. The third-order valence-electron chi connectivity index (χ3n) is 9.15. The molecule has 7 aromatic carbocycles. The number of nitrogens with zero attached hydrogens (tertiary/aromatic N) is 1. The number of carbonyl (C=O) groups is 2. The maximum atomic E-state index is 14.4. The van der Waals surface area contributed by atoms with E-state index in [1.165, 1.54) is 25.5 Å². The molecule has 1 aliphatic rings. The van der Waals surface area contributed by atoms with Crippen LogP contribution in [0.15, 0.2) is 113 Å². The number of amides is 2. The molecular weight excluding hydrogens is 559 g/mol. The molecule has 1 aliphatic heterocycles. The fourth-order valence-corrected chi connectivity index (χ4v) is 8.10. The lowest BCUT2D eigenvalue weighted by molar-refractivity contribution is 0.0893. The Balaban J connectivity index is 1.39. The van der Waals surface area contributed by atoms with Crippen molar-refractivity contribution in [1.29, 1.82) is 0 Å². The first-order valence-corrected chi connectivity index (χ1v) is 16.1. The number of carbonyl (C=O) groups excluding carboxylic acids is 2. The van der Waals surface area contributed by atoms with Gasteiger partial charge >= 0.3 is 0 Å². The van der Waals surface area contributed by atoms with Crippen LogP contribution in [0.4, 0.5) is 5.69 Å². The second kappa shape index (κ2) is 9.93. The van der Waals surface area contributed by atoms with Crippen LogP contribution in [0.5, 0.6) is 0 Å². The van der Waals surface area contributed by atoms with E-state index in [4.69, 9.17) is 0 Å². The molecule has 0 saturated heterocycles. The number of benzene rings is 7. The summed E-state index contributed by atoms with van der Waals surface area (Å²) in [4.78, 5) is 32.8. The highest BCUT2D eigenvalue weighted by molar-refractivity contribution is 7.99. The lowest BCUT2D eigenvalue weighted by Gasteiger charge is -2.32. The van der Waals surface area contributed by atoms with Gasteiger partial charge in [-0.05, 0) is 91.0 Å². The summed E-state index contributed by atoms with van der Waals surface area (Å²) in [5.74, 6) is -0.189. The standard InChI is InChI=1S/C40H31NO2S/c1-22(2)25-12-8-13-26(23(3)4)38(25)41-39(42)32-18-16-29-27-14-9-15-31-34(44-24-10-6-5-7-11-24)21-20-28(35(27)31)30-17-19-33(40(41)43)37(32)36(29)30/h5-23H,1-4H3. The summed E-state index contributed by atoms with van der Waals surface area (Å²) in [6.07, 6.45) is 0. The lowest BCUT2D eigenvalue weighted by Crippen LogP contribution is -2.41. The number of fused-ring (bicyclic) bond motifs is 2. The average Bonchev–Trinajstić information content (AvgIpc) is 3.03. The first-order valence-electron chi connectivity index (χ1n) is 15.3. The van der Waals surface area contributed by atoms with E-state index in [0.717, 1.165) is 49.1 Å². The minimum absolute atomic E-state index is 0.156. The van der Waals surface area contributed by atoms with Crippen LogP contribution in [0.25, 0.3) is 43.1 Å². The van der Waals surface area contributed by atoms with Gasteiger partial charge in [0.2, 0.25) is 0 Å². The van der Waals surface area contributed by atoms with Crippen molar-refractivity contribution in [2.24, 2.45) is 0 Å². The minimum atomic E-state index is -0.250. The number of imide groups is 1. The number of hydrogen-bond donors (Lipinski definition) is 0. The monoisotopic (exact) mass is 589 g/mol. The van der Waals surface area contributed by atoms with E-state index in [0.29, 0.717) is 11.1 Å². The molecule has 44 heavy (non-hydrogen) atoms. The van der Waals surface area contributed by atoms with E-state index in [-0.39, 0.29) is 23.7 Å². The van der Waals surface area contributed by atoms with E-state index in [1.807, 2.05) is 36.4 Å². The number of para-hydroxylation sites is 1. The molecule has 0 aliphatic carbocycles. The lowest BCUT2D eigenvalue weighted by atomic mass is 9.84. The third kappa shape index (κ3) is 3.77. The van der Waals surface area contributed by atoms with Gasteiger partial charge in [0.25, 0.3) is 11.8 Å². The summed E-state index contributed by atoms with van der Waals surface area (Å²) >= 11 is 1.77. The predicted molar refractivity (Wildman–Crippen MR) is 184 cm³/mol. The topological polar surface area (TPSA) is 37.4 Å². The van der Waals surface area contributed by atoms with Crippen molar-refractivity contribution < 1.29 is 9.59 Å². The van der Waals surface area contributed by atoms with Crippen LogP contribution < -0.4 is 4.90 Å². The molecule has 0 fully saturated rings. The van der Waals surface area contributed by atoms with E-state index in [1.54, 1.807) is 11.8 Å². The summed E-state index contributed by atoms with van der Waals surface area (Å²) in [7, 11) is 0. The van der Waals surface area contributed by atoms with E-state index in [9.17, 15) is 9.59 Å². The molecule has 0 atom stereocenters. The summed E-state index contributed by atoms with van der Waals surface area (Å²) in [5.41, 5.74) is 3.93. The molecule has 1 heterocycles. The van der Waals surface area contributed by atoms with Gasteiger partial charge in [-0.2, -0.15) is 0 Å². The maximum absolute atomic E-state index is 14.4. The molecule has 3 nitrogen and oxygen atoms in total. The molecule has 0 radical (unpaired) electrons. The Morgan fingerprint density at radius 2 is 1.02 bits per heavy atom. The molecule has 0 bridgehead atoms. The van der Waals surface area contributed by atoms with Crippen LogP contribution in [-0.2, 0) is 0 Å². The summed E-state index contributed by atoms with van der Waals surface area (Å²) in [6.45, 7) is 8.46. The van der Waals surface area contributed by atoms with Crippen LogP contribution in [-0.4, -0.2) is 11.8 Å². The fourth-order valence-electron chi connectivity index (χ4n) is 7.14. The highest BCUT2D eigenvalue weighted by Gasteiger charge is 2.38. The fraction of sp³-hybridized carbons (Fsp3) is 0.150. The van der Waals surface area contributed by atoms with Gasteiger partial charge in [0.1, 0.15) is 0 Å². The maximum Gasteiger partial charge on any atom is 0.266 e. The Hall–Kier alpha value is -4.67. The van der Waals surface area contributed by atoms with E-state index >= 15 is 0 Å². The highest BCUT2D eigenvalue weighted by Crippen LogP contribution is 2.47. The highest BCUT2D eigenvalue weighted by atomic mass is 32.2. The molecule has 0 saturated carbocycles. The zero-order chi connectivity index (χ0) is 30.3. The van der Waals surface area contributed by atoms with Crippen LogP contribution >= 0.6 is 11.8 Å². The van der Waals surface area contributed by atoms with Gasteiger partial charge in [0, 0.05) is 26.3 Å². The van der Waals surface area contributed by atoms with Gasteiger partial charge in [0.05, 0.1) is 5.69 Å². The normalized spacial score (nSPS) is 13.5. The summed E-state index contributed by atoms with van der Waals surface area (Å²) in [6, 6.07) is 35.5. The van der Waals surface area contributed by atoms with Crippen LogP contribution in [0.2, 0.25) is 0 Å².